The van der Waals surface area contributed by atoms with Crippen molar-refractivity contribution in [1.29, 1.82) is 0 Å². The van der Waals surface area contributed by atoms with E-state index >= 15 is 0 Å². The highest BCUT2D eigenvalue weighted by Gasteiger charge is 2.16. The average molecular weight is 174 g/mol. The standard InChI is InChI=1S/C8H14O4/c1-3-4-5-7(8(9)10)12-6-11-2/h3,7H,1,4-6H2,2H3,(H,9,10). The molecule has 4 nitrogen and oxygen atoms in total. The fourth-order valence-electron chi connectivity index (χ4n) is 0.697. The number of ether oxygens (including phenoxy) is 2. The number of carboxylic acids is 1. The van der Waals surface area contributed by atoms with Crippen molar-refractivity contribution in [3.8, 4) is 0 Å². The molecule has 0 aromatic carbocycles. The van der Waals surface area contributed by atoms with Crippen LogP contribution in [0, 0.1) is 0 Å². The molecule has 0 saturated heterocycles. The fraction of sp³-hybridized carbons (Fsp3) is 0.625. The number of allylic oxidation sites excluding steroid dienone is 1. The van der Waals surface area contributed by atoms with Crippen molar-refractivity contribution >= 4 is 5.97 Å². The van der Waals surface area contributed by atoms with Gasteiger partial charge in [-0.15, -0.1) is 6.58 Å². The minimum Gasteiger partial charge on any atom is -0.479 e. The summed E-state index contributed by atoms with van der Waals surface area (Å²) in [7, 11) is 1.45. The van der Waals surface area contributed by atoms with Crippen LogP contribution in [0.25, 0.3) is 0 Å². The molecule has 0 heterocycles. The molecule has 0 radical (unpaired) electrons. The van der Waals surface area contributed by atoms with Gasteiger partial charge in [0, 0.05) is 7.11 Å². The van der Waals surface area contributed by atoms with Crippen molar-refractivity contribution in [2.75, 3.05) is 13.9 Å². The van der Waals surface area contributed by atoms with Crippen LogP contribution < -0.4 is 0 Å². The molecular formula is C8H14O4. The number of methoxy groups -OCH3 is 1. The summed E-state index contributed by atoms with van der Waals surface area (Å²) >= 11 is 0. The lowest BCUT2D eigenvalue weighted by atomic mass is 10.2. The van der Waals surface area contributed by atoms with Crippen LogP contribution in [0.1, 0.15) is 12.8 Å². The molecular weight excluding hydrogens is 160 g/mol. The number of rotatable bonds is 7. The van der Waals surface area contributed by atoms with E-state index in [4.69, 9.17) is 9.84 Å². The van der Waals surface area contributed by atoms with E-state index in [1.807, 2.05) is 0 Å². The van der Waals surface area contributed by atoms with Gasteiger partial charge < -0.3 is 14.6 Å². The lowest BCUT2D eigenvalue weighted by molar-refractivity contribution is -0.159. The predicted octanol–water partition coefficient (Wildman–Crippen LogP) is 1.03. The van der Waals surface area contributed by atoms with Crippen LogP contribution in [0.5, 0.6) is 0 Å². The molecule has 0 aliphatic carbocycles. The van der Waals surface area contributed by atoms with Crippen molar-refractivity contribution < 1.29 is 19.4 Å². The zero-order valence-corrected chi connectivity index (χ0v) is 7.16. The van der Waals surface area contributed by atoms with E-state index in [-0.39, 0.29) is 6.79 Å². The third kappa shape index (κ3) is 4.87. The van der Waals surface area contributed by atoms with Gasteiger partial charge in [0.2, 0.25) is 0 Å². The van der Waals surface area contributed by atoms with Gasteiger partial charge in [-0.2, -0.15) is 0 Å². The summed E-state index contributed by atoms with van der Waals surface area (Å²) < 4.78 is 9.48. The van der Waals surface area contributed by atoms with Crippen LogP contribution in [-0.2, 0) is 14.3 Å². The van der Waals surface area contributed by atoms with Crippen molar-refractivity contribution in [1.82, 2.24) is 0 Å². The lowest BCUT2D eigenvalue weighted by Gasteiger charge is -2.10. The minimum atomic E-state index is -0.964. The Morgan fingerprint density at radius 2 is 2.42 bits per heavy atom. The molecule has 0 aromatic rings. The summed E-state index contributed by atoms with van der Waals surface area (Å²) in [5, 5.41) is 8.61. The first-order valence-electron chi connectivity index (χ1n) is 3.66. The van der Waals surface area contributed by atoms with Crippen molar-refractivity contribution in [2.45, 2.75) is 18.9 Å². The average Bonchev–Trinajstić information content (AvgIpc) is 2.04. The van der Waals surface area contributed by atoms with Crippen LogP contribution in [0.3, 0.4) is 0 Å². The first-order chi connectivity index (χ1) is 5.72. The van der Waals surface area contributed by atoms with Crippen molar-refractivity contribution in [2.24, 2.45) is 0 Å². The van der Waals surface area contributed by atoms with Crippen molar-refractivity contribution in [3.05, 3.63) is 12.7 Å². The number of carbonyl (C=O) groups is 1. The Labute approximate surface area is 71.8 Å². The SMILES string of the molecule is C=CCCC(OCOC)C(=O)O. The number of hydrogen-bond donors (Lipinski definition) is 1. The topological polar surface area (TPSA) is 55.8 Å². The Morgan fingerprint density at radius 1 is 1.75 bits per heavy atom. The molecule has 1 atom stereocenters. The molecule has 1 N–H and O–H groups in total. The second-order valence-corrected chi connectivity index (χ2v) is 2.27. The van der Waals surface area contributed by atoms with Gasteiger partial charge in [-0.25, -0.2) is 4.79 Å². The maximum atomic E-state index is 10.5. The molecule has 0 aliphatic heterocycles. The monoisotopic (exact) mass is 174 g/mol. The zero-order valence-electron chi connectivity index (χ0n) is 7.16. The van der Waals surface area contributed by atoms with E-state index in [2.05, 4.69) is 11.3 Å². The van der Waals surface area contributed by atoms with Crippen LogP contribution >= 0.6 is 0 Å². The highest BCUT2D eigenvalue weighted by molar-refractivity contribution is 5.72. The normalized spacial score (nSPS) is 12.4. The molecule has 70 valence electrons. The Morgan fingerprint density at radius 3 is 2.83 bits per heavy atom. The fourth-order valence-corrected chi connectivity index (χ4v) is 0.697. The van der Waals surface area contributed by atoms with Crippen LogP contribution in [0.15, 0.2) is 12.7 Å². The minimum absolute atomic E-state index is 0.00805. The second-order valence-electron chi connectivity index (χ2n) is 2.27. The summed E-state index contributed by atoms with van der Waals surface area (Å²) in [6.07, 6.45) is 1.93. The van der Waals surface area contributed by atoms with E-state index in [9.17, 15) is 4.79 Å². The van der Waals surface area contributed by atoms with Crippen molar-refractivity contribution in [3.63, 3.8) is 0 Å². The lowest BCUT2D eigenvalue weighted by Crippen LogP contribution is -2.24. The molecule has 0 aromatic heterocycles. The van der Waals surface area contributed by atoms with Gasteiger partial charge in [0.25, 0.3) is 0 Å². The second kappa shape index (κ2) is 6.82. The summed E-state index contributed by atoms with van der Waals surface area (Å²) in [6.45, 7) is 3.50. The van der Waals surface area contributed by atoms with Crippen LogP contribution in [0.4, 0.5) is 0 Å². The third-order valence-corrected chi connectivity index (χ3v) is 1.30. The van der Waals surface area contributed by atoms with E-state index in [1.54, 1.807) is 6.08 Å². The van der Waals surface area contributed by atoms with Gasteiger partial charge in [0.05, 0.1) is 0 Å². The van der Waals surface area contributed by atoms with Gasteiger partial charge in [0.1, 0.15) is 6.79 Å². The summed E-state index contributed by atoms with van der Waals surface area (Å²) in [4.78, 5) is 10.5. The smallest absolute Gasteiger partial charge is 0.332 e. The molecule has 0 aliphatic rings. The summed E-state index contributed by atoms with van der Waals surface area (Å²) in [5.41, 5.74) is 0. The molecule has 0 rings (SSSR count). The maximum absolute atomic E-state index is 10.5. The Hall–Kier alpha value is -0.870. The molecule has 0 saturated carbocycles. The van der Waals surface area contributed by atoms with Gasteiger partial charge in [-0.05, 0) is 12.8 Å². The molecule has 0 amide bonds. The molecule has 1 unspecified atom stereocenters. The third-order valence-electron chi connectivity index (χ3n) is 1.30. The van der Waals surface area contributed by atoms with E-state index in [0.717, 1.165) is 0 Å². The van der Waals surface area contributed by atoms with E-state index < -0.39 is 12.1 Å². The highest BCUT2D eigenvalue weighted by Crippen LogP contribution is 2.03. The van der Waals surface area contributed by atoms with Crippen LogP contribution in [0.2, 0.25) is 0 Å². The number of aliphatic carboxylic acids is 1. The number of hydrogen-bond acceptors (Lipinski definition) is 3. The zero-order chi connectivity index (χ0) is 9.40. The Bertz CT molecular complexity index is 144. The van der Waals surface area contributed by atoms with Gasteiger partial charge >= 0.3 is 5.97 Å². The summed E-state index contributed by atoms with van der Waals surface area (Å²) in [6, 6.07) is 0. The first kappa shape index (κ1) is 11.1. The number of carboxylic acid groups (broad SMARTS) is 1. The summed E-state index contributed by atoms with van der Waals surface area (Å²) in [5.74, 6) is -0.964. The molecule has 12 heavy (non-hydrogen) atoms. The Kier molecular flexibility index (Phi) is 6.32. The van der Waals surface area contributed by atoms with Crippen LogP contribution in [-0.4, -0.2) is 31.1 Å². The highest BCUT2D eigenvalue weighted by atomic mass is 16.7. The quantitative estimate of drug-likeness (QED) is 0.462. The first-order valence-corrected chi connectivity index (χ1v) is 3.66. The molecule has 0 fully saturated rings. The predicted molar refractivity (Wildman–Crippen MR) is 43.8 cm³/mol. The molecule has 4 heteroatoms. The van der Waals surface area contributed by atoms with E-state index in [0.29, 0.717) is 12.8 Å². The van der Waals surface area contributed by atoms with Gasteiger partial charge in [-0.1, -0.05) is 6.08 Å². The largest absolute Gasteiger partial charge is 0.479 e. The maximum Gasteiger partial charge on any atom is 0.332 e. The van der Waals surface area contributed by atoms with Gasteiger partial charge in [0.15, 0.2) is 6.10 Å². The van der Waals surface area contributed by atoms with Gasteiger partial charge in [-0.3, -0.25) is 0 Å². The molecule has 0 bridgehead atoms. The van der Waals surface area contributed by atoms with E-state index in [1.165, 1.54) is 7.11 Å². The Balaban J connectivity index is 3.69. The molecule has 0 spiro atoms.